The number of nitrogens with zero attached hydrogens (tertiary/aromatic N) is 2. The maximum atomic E-state index is 12.1. The third-order valence-corrected chi connectivity index (χ3v) is 3.51. The van der Waals surface area contributed by atoms with Crippen molar-refractivity contribution in [3.8, 4) is 11.5 Å². The predicted molar refractivity (Wildman–Crippen MR) is 76.6 cm³/mol. The summed E-state index contributed by atoms with van der Waals surface area (Å²) in [5.74, 6) is 0.165. The number of hydrogen-bond donors (Lipinski definition) is 1. The molecule has 3 aromatic rings. The number of rotatable bonds is 2. The molecule has 5 heteroatoms. The van der Waals surface area contributed by atoms with Crippen molar-refractivity contribution in [2.75, 3.05) is 5.32 Å². The van der Waals surface area contributed by atoms with Gasteiger partial charge in [-0.05, 0) is 23.8 Å². The quantitative estimate of drug-likeness (QED) is 0.782. The van der Waals surface area contributed by atoms with Gasteiger partial charge in [0.2, 0.25) is 5.91 Å². The highest BCUT2D eigenvalue weighted by Gasteiger charge is 2.35. The number of fused-ring (bicyclic) bond motifs is 1. The lowest BCUT2D eigenvalue weighted by Gasteiger charge is -2.01. The van der Waals surface area contributed by atoms with Crippen LogP contribution < -0.4 is 5.32 Å². The molecule has 2 aromatic carbocycles. The van der Waals surface area contributed by atoms with Crippen molar-refractivity contribution >= 4 is 11.6 Å². The molecule has 0 radical (unpaired) electrons. The van der Waals surface area contributed by atoms with E-state index in [4.69, 9.17) is 4.52 Å². The molecule has 1 atom stereocenters. The van der Waals surface area contributed by atoms with Crippen molar-refractivity contribution in [1.29, 1.82) is 0 Å². The summed E-state index contributed by atoms with van der Waals surface area (Å²) >= 11 is 0. The molecule has 2 heterocycles. The molecule has 0 saturated heterocycles. The fraction of sp³-hybridized carbons (Fsp3) is 0.0625. The Morgan fingerprint density at radius 2 is 1.76 bits per heavy atom. The van der Waals surface area contributed by atoms with E-state index in [9.17, 15) is 4.79 Å². The van der Waals surface area contributed by atoms with E-state index in [0.29, 0.717) is 11.7 Å². The topological polar surface area (TPSA) is 68.0 Å². The summed E-state index contributed by atoms with van der Waals surface area (Å²) in [6.45, 7) is 0. The Kier molecular flexibility index (Phi) is 2.57. The van der Waals surface area contributed by atoms with E-state index in [1.165, 1.54) is 0 Å². The van der Waals surface area contributed by atoms with Gasteiger partial charge in [-0.1, -0.05) is 41.6 Å². The molecular weight excluding hydrogens is 266 g/mol. The van der Waals surface area contributed by atoms with E-state index in [2.05, 4.69) is 15.5 Å². The van der Waals surface area contributed by atoms with Crippen LogP contribution in [0, 0.1) is 0 Å². The van der Waals surface area contributed by atoms with E-state index in [1.807, 2.05) is 54.6 Å². The molecule has 0 aliphatic carbocycles. The average Bonchev–Trinajstić information content (AvgIpc) is 3.11. The summed E-state index contributed by atoms with van der Waals surface area (Å²) in [6.07, 6.45) is 0. The third-order valence-electron chi connectivity index (χ3n) is 3.51. The summed E-state index contributed by atoms with van der Waals surface area (Å²) < 4.78 is 5.29. The average molecular weight is 277 g/mol. The van der Waals surface area contributed by atoms with Crippen molar-refractivity contribution in [2.45, 2.75) is 5.92 Å². The molecule has 1 N–H and O–H groups in total. The first-order chi connectivity index (χ1) is 10.3. The minimum atomic E-state index is -0.512. The summed E-state index contributed by atoms with van der Waals surface area (Å²) in [4.78, 5) is 16.5. The molecule has 0 fully saturated rings. The molecule has 0 spiro atoms. The Bertz CT molecular complexity index is 811. The zero-order valence-corrected chi connectivity index (χ0v) is 11.0. The van der Waals surface area contributed by atoms with Gasteiger partial charge in [0.15, 0.2) is 5.82 Å². The van der Waals surface area contributed by atoms with Crippen molar-refractivity contribution < 1.29 is 9.32 Å². The van der Waals surface area contributed by atoms with Gasteiger partial charge in [0.05, 0.1) is 0 Å². The van der Waals surface area contributed by atoms with Crippen molar-refractivity contribution in [3.63, 3.8) is 0 Å². The van der Waals surface area contributed by atoms with Crippen LogP contribution in [-0.2, 0) is 4.79 Å². The molecular formula is C16H11N3O2. The lowest BCUT2D eigenvalue weighted by atomic mass is 10.0. The van der Waals surface area contributed by atoms with Gasteiger partial charge in [0.1, 0.15) is 5.92 Å². The second-order valence-corrected chi connectivity index (χ2v) is 4.83. The monoisotopic (exact) mass is 277 g/mol. The highest BCUT2D eigenvalue weighted by molar-refractivity contribution is 6.04. The Morgan fingerprint density at radius 3 is 2.62 bits per heavy atom. The molecule has 0 bridgehead atoms. The number of carbonyl (C=O) groups excluding carboxylic acids is 1. The van der Waals surface area contributed by atoms with Crippen LogP contribution in [0.4, 0.5) is 5.69 Å². The van der Waals surface area contributed by atoms with Gasteiger partial charge < -0.3 is 9.84 Å². The summed E-state index contributed by atoms with van der Waals surface area (Å²) in [7, 11) is 0. The fourth-order valence-corrected chi connectivity index (χ4v) is 2.52. The van der Waals surface area contributed by atoms with Gasteiger partial charge in [-0.15, -0.1) is 0 Å². The van der Waals surface area contributed by atoms with Crippen molar-refractivity contribution in [1.82, 2.24) is 10.1 Å². The SMILES string of the molecule is O=C1Nc2ccccc2C1c1noc(-c2ccccc2)n1. The van der Waals surface area contributed by atoms with Gasteiger partial charge in [-0.2, -0.15) is 4.98 Å². The van der Waals surface area contributed by atoms with E-state index in [0.717, 1.165) is 16.8 Å². The number of para-hydroxylation sites is 1. The fourth-order valence-electron chi connectivity index (χ4n) is 2.52. The molecule has 1 aromatic heterocycles. The molecule has 21 heavy (non-hydrogen) atoms. The normalized spacial score (nSPS) is 16.6. The van der Waals surface area contributed by atoms with Crippen molar-refractivity contribution in [2.24, 2.45) is 0 Å². The van der Waals surface area contributed by atoms with Crippen molar-refractivity contribution in [3.05, 3.63) is 66.0 Å². The molecule has 102 valence electrons. The standard InChI is InChI=1S/C16H11N3O2/c20-15-13(11-8-4-5-9-12(11)17-15)14-18-16(21-19-14)10-6-2-1-3-7-10/h1-9,13H,(H,17,20). The van der Waals surface area contributed by atoms with Crippen LogP contribution in [0.3, 0.4) is 0 Å². The van der Waals surface area contributed by atoms with E-state index >= 15 is 0 Å². The van der Waals surface area contributed by atoms with Crippen LogP contribution in [0.25, 0.3) is 11.5 Å². The predicted octanol–water partition coefficient (Wildman–Crippen LogP) is 2.82. The first kappa shape index (κ1) is 11.8. The maximum Gasteiger partial charge on any atom is 0.257 e. The molecule has 1 aliphatic rings. The Balaban J connectivity index is 1.75. The Morgan fingerprint density at radius 1 is 1.00 bits per heavy atom. The minimum absolute atomic E-state index is 0.128. The summed E-state index contributed by atoms with van der Waals surface area (Å²) in [6, 6.07) is 17.0. The lowest BCUT2D eigenvalue weighted by molar-refractivity contribution is -0.116. The highest BCUT2D eigenvalue weighted by Crippen LogP contribution is 2.36. The van der Waals surface area contributed by atoms with Gasteiger partial charge in [-0.25, -0.2) is 0 Å². The molecule has 1 unspecified atom stereocenters. The Labute approximate surface area is 120 Å². The van der Waals surface area contributed by atoms with Crippen LogP contribution in [0.15, 0.2) is 59.1 Å². The van der Waals surface area contributed by atoms with Crippen LogP contribution in [0.5, 0.6) is 0 Å². The Hall–Kier alpha value is -2.95. The minimum Gasteiger partial charge on any atom is -0.334 e. The largest absolute Gasteiger partial charge is 0.334 e. The van der Waals surface area contributed by atoms with Gasteiger partial charge in [-0.3, -0.25) is 4.79 Å². The summed E-state index contributed by atoms with van der Waals surface area (Å²) in [5.41, 5.74) is 2.52. The first-order valence-corrected chi connectivity index (χ1v) is 6.62. The number of benzene rings is 2. The number of aromatic nitrogens is 2. The highest BCUT2D eigenvalue weighted by atomic mass is 16.5. The number of amides is 1. The second kappa shape index (κ2) is 4.56. The smallest absolute Gasteiger partial charge is 0.257 e. The molecule has 0 saturated carbocycles. The van der Waals surface area contributed by atoms with Crippen LogP contribution in [-0.4, -0.2) is 16.0 Å². The van der Waals surface area contributed by atoms with Gasteiger partial charge in [0, 0.05) is 11.3 Å². The third kappa shape index (κ3) is 1.90. The lowest BCUT2D eigenvalue weighted by Crippen LogP contribution is -2.14. The number of nitrogens with one attached hydrogen (secondary N) is 1. The molecule has 1 aliphatic heterocycles. The molecule has 5 nitrogen and oxygen atoms in total. The zero-order chi connectivity index (χ0) is 14.2. The number of hydrogen-bond acceptors (Lipinski definition) is 4. The molecule has 1 amide bonds. The molecule has 4 rings (SSSR count). The second-order valence-electron chi connectivity index (χ2n) is 4.83. The maximum absolute atomic E-state index is 12.1. The van der Waals surface area contributed by atoms with Crippen LogP contribution in [0.2, 0.25) is 0 Å². The van der Waals surface area contributed by atoms with Crippen LogP contribution in [0.1, 0.15) is 17.3 Å². The first-order valence-electron chi connectivity index (χ1n) is 6.62. The summed E-state index contributed by atoms with van der Waals surface area (Å²) in [5, 5.41) is 6.81. The zero-order valence-electron chi connectivity index (χ0n) is 11.0. The van der Waals surface area contributed by atoms with Gasteiger partial charge in [0.25, 0.3) is 5.89 Å². The van der Waals surface area contributed by atoms with E-state index < -0.39 is 5.92 Å². The number of carbonyl (C=O) groups is 1. The van der Waals surface area contributed by atoms with E-state index in [1.54, 1.807) is 0 Å². The van der Waals surface area contributed by atoms with Gasteiger partial charge >= 0.3 is 0 Å². The van der Waals surface area contributed by atoms with E-state index in [-0.39, 0.29) is 5.91 Å². The van der Waals surface area contributed by atoms with Crippen LogP contribution >= 0.6 is 0 Å². The number of anilines is 1.